The Morgan fingerprint density at radius 3 is 2.71 bits per heavy atom. The van der Waals surface area contributed by atoms with Crippen LogP contribution in [0.3, 0.4) is 0 Å². The fourth-order valence-corrected chi connectivity index (χ4v) is 0.768. The third kappa shape index (κ3) is 0.829. The lowest BCUT2D eigenvalue weighted by Crippen LogP contribution is -2.06. The highest BCUT2D eigenvalue weighted by molar-refractivity contribution is 5.06. The molecule has 0 saturated carbocycles. The molecule has 1 nitrogen and oxygen atoms in total. The van der Waals surface area contributed by atoms with E-state index in [0.29, 0.717) is 5.92 Å². The quantitative estimate of drug-likeness (QED) is 0.440. The van der Waals surface area contributed by atoms with Crippen LogP contribution < -0.4 is 5.32 Å². The first-order chi connectivity index (χ1) is 3.30. The predicted molar refractivity (Wildman–Crippen MR) is 31.2 cm³/mol. The maximum Gasteiger partial charge on any atom is 0.0165 e. The van der Waals surface area contributed by atoms with Gasteiger partial charge in [-0.15, -0.1) is 0 Å². The van der Waals surface area contributed by atoms with E-state index in [1.54, 1.807) is 0 Å². The van der Waals surface area contributed by atoms with Crippen molar-refractivity contribution in [2.45, 2.75) is 6.92 Å². The molecule has 7 heavy (non-hydrogen) atoms. The second-order valence-corrected chi connectivity index (χ2v) is 2.19. The van der Waals surface area contributed by atoms with Crippen LogP contribution in [0.4, 0.5) is 0 Å². The first-order valence-corrected chi connectivity index (χ1v) is 2.69. The van der Waals surface area contributed by atoms with Crippen LogP contribution in [0.2, 0.25) is 0 Å². The number of hydrogen-bond donors (Lipinski definition) is 1. The molecule has 40 valence electrons. The molecule has 1 aliphatic rings. The molecule has 0 amide bonds. The third-order valence-corrected chi connectivity index (χ3v) is 1.50. The molecule has 1 saturated heterocycles. The Morgan fingerprint density at radius 1 is 1.86 bits per heavy atom. The predicted octanol–water partition coefficient (Wildman–Crippen LogP) is 0.782. The monoisotopic (exact) mass is 97.1 g/mol. The molecule has 1 atom stereocenters. The molecule has 1 heteroatoms. The molecule has 1 heterocycles. The van der Waals surface area contributed by atoms with Crippen molar-refractivity contribution in [1.82, 2.24) is 5.32 Å². The summed E-state index contributed by atoms with van der Waals surface area (Å²) in [4.78, 5) is 0. The van der Waals surface area contributed by atoms with Crippen LogP contribution in [0.25, 0.3) is 0 Å². The fourth-order valence-electron chi connectivity index (χ4n) is 0.768. The normalized spacial score (nSPS) is 31.6. The van der Waals surface area contributed by atoms with Gasteiger partial charge in [-0.1, -0.05) is 19.1 Å². The Morgan fingerprint density at radius 2 is 2.57 bits per heavy atom. The smallest absolute Gasteiger partial charge is 0.0165 e. The van der Waals surface area contributed by atoms with Gasteiger partial charge in [-0.2, -0.15) is 0 Å². The molecule has 0 unspecified atom stereocenters. The third-order valence-electron chi connectivity index (χ3n) is 1.50. The highest BCUT2D eigenvalue weighted by atomic mass is 14.9. The summed E-state index contributed by atoms with van der Waals surface area (Å²) >= 11 is 0. The van der Waals surface area contributed by atoms with Crippen molar-refractivity contribution in [2.75, 3.05) is 13.1 Å². The Hall–Kier alpha value is -0.300. The summed E-state index contributed by atoms with van der Waals surface area (Å²) in [6, 6.07) is 0. The maximum absolute atomic E-state index is 3.87. The van der Waals surface area contributed by atoms with Crippen molar-refractivity contribution in [3.8, 4) is 0 Å². The van der Waals surface area contributed by atoms with E-state index >= 15 is 0 Å². The first kappa shape index (κ1) is 4.85. The molecule has 0 aromatic carbocycles. The summed E-state index contributed by atoms with van der Waals surface area (Å²) in [5.41, 5.74) is 1.35. The average molecular weight is 97.2 g/mol. The van der Waals surface area contributed by atoms with Crippen LogP contribution >= 0.6 is 0 Å². The zero-order valence-electron chi connectivity index (χ0n) is 4.70. The molecule has 1 N–H and O–H groups in total. The second kappa shape index (κ2) is 1.66. The van der Waals surface area contributed by atoms with Crippen LogP contribution in [0.15, 0.2) is 12.2 Å². The Kier molecular flexibility index (Phi) is 1.15. The van der Waals surface area contributed by atoms with Gasteiger partial charge in [0, 0.05) is 13.1 Å². The van der Waals surface area contributed by atoms with E-state index < -0.39 is 0 Å². The molecule has 1 rings (SSSR count). The standard InChI is InChI=1S/C6H11N/c1-5-3-7-4-6(5)2/h6-7H,1,3-4H2,2H3/t6-/m0/s1. The topological polar surface area (TPSA) is 12.0 Å². The lowest BCUT2D eigenvalue weighted by molar-refractivity contribution is 0.720. The van der Waals surface area contributed by atoms with Crippen molar-refractivity contribution in [1.29, 1.82) is 0 Å². The van der Waals surface area contributed by atoms with Gasteiger partial charge in [0.1, 0.15) is 0 Å². The highest BCUT2D eigenvalue weighted by Gasteiger charge is 2.11. The van der Waals surface area contributed by atoms with E-state index in [4.69, 9.17) is 0 Å². The summed E-state index contributed by atoms with van der Waals surface area (Å²) in [5.74, 6) is 0.708. The number of hydrogen-bond acceptors (Lipinski definition) is 1. The van der Waals surface area contributed by atoms with Gasteiger partial charge < -0.3 is 5.32 Å². The minimum atomic E-state index is 0.708. The zero-order chi connectivity index (χ0) is 5.28. The van der Waals surface area contributed by atoms with Gasteiger partial charge in [0.25, 0.3) is 0 Å². The lowest BCUT2D eigenvalue weighted by Gasteiger charge is -1.95. The van der Waals surface area contributed by atoms with Gasteiger partial charge in [-0.3, -0.25) is 0 Å². The van der Waals surface area contributed by atoms with Crippen LogP contribution in [-0.4, -0.2) is 13.1 Å². The summed E-state index contributed by atoms with van der Waals surface area (Å²) in [7, 11) is 0. The molecule has 1 fully saturated rings. The Balaban J connectivity index is 2.48. The highest BCUT2D eigenvalue weighted by Crippen LogP contribution is 2.10. The number of rotatable bonds is 0. The Bertz CT molecular complexity index is 86.2. The SMILES string of the molecule is C=C1CNC[C@@H]1C. The van der Waals surface area contributed by atoms with Crippen molar-refractivity contribution < 1.29 is 0 Å². The van der Waals surface area contributed by atoms with Gasteiger partial charge in [-0.05, 0) is 5.92 Å². The first-order valence-electron chi connectivity index (χ1n) is 2.69. The minimum Gasteiger partial charge on any atom is -0.312 e. The van der Waals surface area contributed by atoms with E-state index in [1.807, 2.05) is 0 Å². The van der Waals surface area contributed by atoms with Crippen molar-refractivity contribution >= 4 is 0 Å². The van der Waals surface area contributed by atoms with Crippen LogP contribution in [0, 0.1) is 5.92 Å². The Labute approximate surface area is 44.4 Å². The minimum absolute atomic E-state index is 0.708. The summed E-state index contributed by atoms with van der Waals surface area (Å²) < 4.78 is 0. The van der Waals surface area contributed by atoms with Gasteiger partial charge in [-0.25, -0.2) is 0 Å². The van der Waals surface area contributed by atoms with Gasteiger partial charge in [0.15, 0.2) is 0 Å². The van der Waals surface area contributed by atoms with Crippen LogP contribution in [-0.2, 0) is 0 Å². The van der Waals surface area contributed by atoms with Crippen LogP contribution in [0.5, 0.6) is 0 Å². The van der Waals surface area contributed by atoms with Crippen molar-refractivity contribution in [2.24, 2.45) is 5.92 Å². The maximum atomic E-state index is 3.87. The zero-order valence-corrected chi connectivity index (χ0v) is 4.70. The summed E-state index contributed by atoms with van der Waals surface area (Å²) in [6.07, 6.45) is 0. The second-order valence-electron chi connectivity index (χ2n) is 2.19. The lowest BCUT2D eigenvalue weighted by atomic mass is 10.1. The van der Waals surface area contributed by atoms with Gasteiger partial charge >= 0.3 is 0 Å². The molecule has 0 radical (unpaired) electrons. The van der Waals surface area contributed by atoms with E-state index in [9.17, 15) is 0 Å². The number of nitrogens with one attached hydrogen (secondary N) is 1. The van der Waals surface area contributed by atoms with Crippen LogP contribution in [0.1, 0.15) is 6.92 Å². The molecule has 0 bridgehead atoms. The molecule has 0 aliphatic carbocycles. The van der Waals surface area contributed by atoms with Gasteiger partial charge in [0.2, 0.25) is 0 Å². The summed E-state index contributed by atoms with van der Waals surface area (Å²) in [5, 5.41) is 3.22. The van der Waals surface area contributed by atoms with E-state index in [1.165, 1.54) is 5.57 Å². The molecular weight excluding hydrogens is 86.1 g/mol. The average Bonchev–Trinajstić information content (AvgIpc) is 1.91. The van der Waals surface area contributed by atoms with E-state index in [0.717, 1.165) is 13.1 Å². The van der Waals surface area contributed by atoms with E-state index in [-0.39, 0.29) is 0 Å². The molecule has 1 aliphatic heterocycles. The van der Waals surface area contributed by atoms with Crippen molar-refractivity contribution in [3.05, 3.63) is 12.2 Å². The van der Waals surface area contributed by atoms with Crippen molar-refractivity contribution in [3.63, 3.8) is 0 Å². The molecular formula is C6H11N. The molecule has 0 aromatic heterocycles. The van der Waals surface area contributed by atoms with Gasteiger partial charge in [0.05, 0.1) is 0 Å². The largest absolute Gasteiger partial charge is 0.312 e. The van der Waals surface area contributed by atoms with E-state index in [2.05, 4.69) is 18.8 Å². The molecule has 0 spiro atoms. The summed E-state index contributed by atoms with van der Waals surface area (Å²) in [6.45, 7) is 8.22. The fraction of sp³-hybridized carbons (Fsp3) is 0.667. The molecule has 0 aromatic rings.